The lowest BCUT2D eigenvalue weighted by Crippen LogP contribution is -2.25. The lowest BCUT2D eigenvalue weighted by molar-refractivity contribution is 0.372. The molecule has 5 heteroatoms. The van der Waals surface area contributed by atoms with Gasteiger partial charge in [0.05, 0.1) is 11.4 Å². The number of aliphatic imine (C=N–C) groups is 1. The Kier molecular flexibility index (Phi) is 3.24. The van der Waals surface area contributed by atoms with E-state index in [1.165, 1.54) is 0 Å². The van der Waals surface area contributed by atoms with E-state index in [0.717, 1.165) is 28.5 Å². The molecule has 2 aromatic carbocycles. The van der Waals surface area contributed by atoms with E-state index >= 15 is 0 Å². The van der Waals surface area contributed by atoms with Crippen molar-refractivity contribution < 1.29 is 4.74 Å². The third-order valence-corrected chi connectivity index (χ3v) is 3.30. The van der Waals surface area contributed by atoms with Gasteiger partial charge in [0.2, 0.25) is 0 Å². The number of anilines is 2. The van der Waals surface area contributed by atoms with Crippen LogP contribution >= 0.6 is 11.6 Å². The largest absolute Gasteiger partial charge is 0.484 e. The number of hydrogen-bond acceptors (Lipinski definition) is 3. The molecule has 2 aromatic rings. The molecular formula is C15H14ClN3O. The number of ether oxygens (including phenoxy) is 1. The predicted molar refractivity (Wildman–Crippen MR) is 83.3 cm³/mol. The molecule has 0 radical (unpaired) electrons. The molecular weight excluding hydrogens is 274 g/mol. The molecule has 0 bridgehead atoms. The molecule has 1 aliphatic heterocycles. The van der Waals surface area contributed by atoms with Gasteiger partial charge in [-0.25, -0.2) is 4.99 Å². The van der Waals surface area contributed by atoms with Crippen molar-refractivity contribution in [2.75, 3.05) is 17.7 Å². The highest BCUT2D eigenvalue weighted by atomic mass is 35.5. The van der Waals surface area contributed by atoms with Gasteiger partial charge in [-0.3, -0.25) is 0 Å². The van der Waals surface area contributed by atoms with Gasteiger partial charge < -0.3 is 15.8 Å². The van der Waals surface area contributed by atoms with Gasteiger partial charge >= 0.3 is 0 Å². The third-order valence-electron chi connectivity index (χ3n) is 3.06. The van der Waals surface area contributed by atoms with Crippen LogP contribution < -0.4 is 15.8 Å². The van der Waals surface area contributed by atoms with E-state index in [2.05, 4.69) is 10.3 Å². The molecule has 0 aliphatic carbocycles. The fourth-order valence-electron chi connectivity index (χ4n) is 2.06. The van der Waals surface area contributed by atoms with Crippen LogP contribution in [-0.4, -0.2) is 12.4 Å². The van der Waals surface area contributed by atoms with Crippen LogP contribution in [0.2, 0.25) is 5.02 Å². The van der Waals surface area contributed by atoms with E-state index in [0.29, 0.717) is 17.3 Å². The summed E-state index contributed by atoms with van der Waals surface area (Å²) in [6.07, 6.45) is 0. The Morgan fingerprint density at radius 3 is 2.90 bits per heavy atom. The van der Waals surface area contributed by atoms with E-state index in [-0.39, 0.29) is 0 Å². The average Bonchev–Trinajstić information content (AvgIpc) is 2.41. The molecule has 3 N–H and O–H groups in total. The summed E-state index contributed by atoms with van der Waals surface area (Å²) < 4.78 is 5.65. The Labute approximate surface area is 122 Å². The number of hydrogen-bond donors (Lipinski definition) is 2. The Morgan fingerprint density at radius 2 is 2.10 bits per heavy atom. The normalized spacial score (nSPS) is 15.4. The lowest BCUT2D eigenvalue weighted by atomic mass is 10.2. The number of amidine groups is 1. The monoisotopic (exact) mass is 287 g/mol. The molecule has 20 heavy (non-hydrogen) atoms. The predicted octanol–water partition coefficient (Wildman–Crippen LogP) is 3.77. The number of nitrogens with one attached hydrogen (secondary N) is 1. The van der Waals surface area contributed by atoms with Gasteiger partial charge in [-0.05, 0) is 48.9 Å². The molecule has 0 saturated carbocycles. The summed E-state index contributed by atoms with van der Waals surface area (Å²) in [6, 6.07) is 11.1. The molecule has 0 unspecified atom stereocenters. The van der Waals surface area contributed by atoms with Gasteiger partial charge in [0.25, 0.3) is 0 Å². The van der Waals surface area contributed by atoms with Crippen molar-refractivity contribution in [1.29, 1.82) is 0 Å². The van der Waals surface area contributed by atoms with E-state index in [4.69, 9.17) is 22.1 Å². The second-order valence-electron chi connectivity index (χ2n) is 4.66. The minimum Gasteiger partial charge on any atom is -0.484 e. The summed E-state index contributed by atoms with van der Waals surface area (Å²) in [6.45, 7) is 2.37. The summed E-state index contributed by atoms with van der Waals surface area (Å²) in [4.78, 5) is 4.57. The lowest BCUT2D eigenvalue weighted by Gasteiger charge is -2.21. The number of nitrogen functional groups attached to an aromatic ring is 1. The average molecular weight is 288 g/mol. The molecule has 0 aromatic heterocycles. The molecule has 3 rings (SSSR count). The van der Waals surface area contributed by atoms with Gasteiger partial charge in [-0.2, -0.15) is 0 Å². The topological polar surface area (TPSA) is 59.6 Å². The number of nitrogens with zero attached hydrogens (tertiary/aromatic N) is 1. The van der Waals surface area contributed by atoms with Crippen LogP contribution in [0.15, 0.2) is 41.4 Å². The Morgan fingerprint density at radius 1 is 1.25 bits per heavy atom. The standard InChI is InChI=1S/C15H14ClN3O/c1-9-6-10(16)2-4-12(9)18-15-8-20-14-5-3-11(17)7-13(14)19-15/h2-7H,8,17H2,1H3,(H,18,19). The molecule has 1 aliphatic rings. The zero-order chi connectivity index (χ0) is 14.1. The highest BCUT2D eigenvalue weighted by molar-refractivity contribution is 6.30. The molecule has 1 heterocycles. The Hall–Kier alpha value is -2.20. The van der Waals surface area contributed by atoms with Crippen molar-refractivity contribution in [1.82, 2.24) is 0 Å². The number of rotatable bonds is 1. The number of aryl methyl sites for hydroxylation is 1. The van der Waals surface area contributed by atoms with Crippen LogP contribution in [0.3, 0.4) is 0 Å². The second-order valence-corrected chi connectivity index (χ2v) is 5.10. The minimum atomic E-state index is 0.402. The first kappa shape index (κ1) is 12.8. The minimum absolute atomic E-state index is 0.402. The molecule has 0 saturated heterocycles. The van der Waals surface area contributed by atoms with Gasteiger partial charge in [-0.15, -0.1) is 0 Å². The quantitative estimate of drug-likeness (QED) is 0.785. The summed E-state index contributed by atoms with van der Waals surface area (Å²) in [7, 11) is 0. The maximum atomic E-state index is 5.94. The third kappa shape index (κ3) is 2.56. The SMILES string of the molecule is Cc1cc(Cl)ccc1N=C1COc2ccc(N)cc2N1. The summed E-state index contributed by atoms with van der Waals surface area (Å²) in [5, 5.41) is 3.95. The number of nitrogens with two attached hydrogens (primary N) is 1. The molecule has 0 fully saturated rings. The molecule has 4 nitrogen and oxygen atoms in total. The highest BCUT2D eigenvalue weighted by Gasteiger charge is 2.14. The smallest absolute Gasteiger partial charge is 0.146 e. The van der Waals surface area contributed by atoms with Crippen molar-refractivity contribution in [2.24, 2.45) is 4.99 Å². The number of fused-ring (bicyclic) bond motifs is 1. The maximum Gasteiger partial charge on any atom is 0.146 e. The maximum absolute atomic E-state index is 5.94. The van der Waals surface area contributed by atoms with E-state index in [9.17, 15) is 0 Å². The van der Waals surface area contributed by atoms with Gasteiger partial charge in [0.15, 0.2) is 0 Å². The zero-order valence-corrected chi connectivity index (χ0v) is 11.7. The van der Waals surface area contributed by atoms with Gasteiger partial charge in [0, 0.05) is 10.7 Å². The summed E-state index contributed by atoms with van der Waals surface area (Å²) in [5.74, 6) is 1.53. The van der Waals surface area contributed by atoms with Crippen LogP contribution in [0.4, 0.5) is 17.1 Å². The first-order valence-corrected chi connectivity index (χ1v) is 6.63. The van der Waals surface area contributed by atoms with Crippen molar-refractivity contribution >= 4 is 34.5 Å². The zero-order valence-electron chi connectivity index (χ0n) is 11.0. The number of benzene rings is 2. The van der Waals surface area contributed by atoms with Crippen LogP contribution in [0.5, 0.6) is 5.75 Å². The van der Waals surface area contributed by atoms with Gasteiger partial charge in [0.1, 0.15) is 18.2 Å². The summed E-state index contributed by atoms with van der Waals surface area (Å²) >= 11 is 5.94. The van der Waals surface area contributed by atoms with Crippen LogP contribution in [-0.2, 0) is 0 Å². The first-order chi connectivity index (χ1) is 9.61. The van der Waals surface area contributed by atoms with Crippen LogP contribution in [0, 0.1) is 6.92 Å². The van der Waals surface area contributed by atoms with Gasteiger partial charge in [-0.1, -0.05) is 11.6 Å². The van der Waals surface area contributed by atoms with E-state index < -0.39 is 0 Å². The van der Waals surface area contributed by atoms with Crippen molar-refractivity contribution in [3.63, 3.8) is 0 Å². The molecule has 0 atom stereocenters. The fourth-order valence-corrected chi connectivity index (χ4v) is 2.29. The summed E-state index contributed by atoms with van der Waals surface area (Å²) in [5.41, 5.74) is 9.18. The van der Waals surface area contributed by atoms with E-state index in [1.54, 1.807) is 0 Å². The van der Waals surface area contributed by atoms with E-state index in [1.807, 2.05) is 43.3 Å². The molecule has 0 amide bonds. The van der Waals surface area contributed by atoms with Crippen molar-refractivity contribution in [2.45, 2.75) is 6.92 Å². The Bertz CT molecular complexity index is 698. The fraction of sp³-hybridized carbons (Fsp3) is 0.133. The molecule has 102 valence electrons. The van der Waals surface area contributed by atoms with Crippen LogP contribution in [0.1, 0.15) is 5.56 Å². The number of halogens is 1. The Balaban J connectivity index is 1.91. The second kappa shape index (κ2) is 5.06. The van der Waals surface area contributed by atoms with Crippen LogP contribution in [0.25, 0.3) is 0 Å². The highest BCUT2D eigenvalue weighted by Crippen LogP contribution is 2.30. The van der Waals surface area contributed by atoms with Crippen molar-refractivity contribution in [3.05, 3.63) is 47.0 Å². The molecule has 0 spiro atoms. The first-order valence-electron chi connectivity index (χ1n) is 6.25. The van der Waals surface area contributed by atoms with Crippen molar-refractivity contribution in [3.8, 4) is 5.75 Å².